The van der Waals surface area contributed by atoms with E-state index < -0.39 is 17.6 Å². The highest BCUT2D eigenvalue weighted by Crippen LogP contribution is 2.17. The third-order valence-electron chi connectivity index (χ3n) is 1.71. The lowest BCUT2D eigenvalue weighted by Gasteiger charge is -1.93. The Morgan fingerprint density at radius 2 is 1.92 bits per heavy atom. The SMILES string of the molecule is O=C1NC(=O)c2c(F)cccc21. The largest absolute Gasteiger partial charge is 0.288 e. The third kappa shape index (κ3) is 0.747. The molecule has 2 amide bonds. The maximum Gasteiger partial charge on any atom is 0.261 e. The predicted molar refractivity (Wildman–Crippen MR) is 38.2 cm³/mol. The van der Waals surface area contributed by atoms with Crippen LogP contribution in [0.15, 0.2) is 18.2 Å². The lowest BCUT2D eigenvalue weighted by Crippen LogP contribution is -2.20. The monoisotopic (exact) mass is 165 g/mol. The predicted octanol–water partition coefficient (Wildman–Crippen LogP) is 0.709. The second-order valence-corrected chi connectivity index (χ2v) is 2.45. The van der Waals surface area contributed by atoms with Gasteiger partial charge in [0.15, 0.2) is 0 Å². The molecule has 0 spiro atoms. The number of carbonyl (C=O) groups excluding carboxylic acids is 2. The Bertz CT molecular complexity index is 387. The van der Waals surface area contributed by atoms with E-state index in [0.717, 1.165) is 6.07 Å². The first-order chi connectivity index (χ1) is 5.70. The Kier molecular flexibility index (Phi) is 1.24. The summed E-state index contributed by atoms with van der Waals surface area (Å²) in [5, 5.41) is 2.01. The highest BCUT2D eigenvalue weighted by molar-refractivity contribution is 6.21. The van der Waals surface area contributed by atoms with Gasteiger partial charge in [-0.1, -0.05) is 6.07 Å². The number of hydrogen-bond donors (Lipinski definition) is 1. The molecule has 4 heteroatoms. The lowest BCUT2D eigenvalue weighted by molar-refractivity contribution is 0.0878. The Balaban J connectivity index is 2.75. The minimum Gasteiger partial charge on any atom is -0.288 e. The molecule has 0 fully saturated rings. The van der Waals surface area contributed by atoms with Crippen molar-refractivity contribution in [3.8, 4) is 0 Å². The molecule has 1 aromatic rings. The summed E-state index contributed by atoms with van der Waals surface area (Å²) < 4.78 is 12.9. The summed E-state index contributed by atoms with van der Waals surface area (Å²) in [6.07, 6.45) is 0. The number of benzene rings is 1. The second-order valence-electron chi connectivity index (χ2n) is 2.45. The van der Waals surface area contributed by atoms with E-state index in [0.29, 0.717) is 0 Å². The van der Waals surface area contributed by atoms with Gasteiger partial charge in [0.05, 0.1) is 11.1 Å². The fraction of sp³-hybridized carbons (Fsp3) is 0. The highest BCUT2D eigenvalue weighted by atomic mass is 19.1. The minimum atomic E-state index is -0.659. The normalized spacial score (nSPS) is 14.4. The number of amides is 2. The molecule has 0 aromatic heterocycles. The number of carbonyl (C=O) groups is 2. The fourth-order valence-corrected chi connectivity index (χ4v) is 1.18. The zero-order valence-corrected chi connectivity index (χ0v) is 5.93. The van der Waals surface area contributed by atoms with Gasteiger partial charge in [0.25, 0.3) is 11.8 Å². The summed E-state index contributed by atoms with van der Waals surface area (Å²) in [5.74, 6) is -1.85. The van der Waals surface area contributed by atoms with Crippen LogP contribution in [-0.4, -0.2) is 11.8 Å². The van der Waals surface area contributed by atoms with Gasteiger partial charge in [0.1, 0.15) is 5.82 Å². The van der Waals surface area contributed by atoms with Crippen molar-refractivity contribution in [2.75, 3.05) is 0 Å². The maximum absolute atomic E-state index is 12.9. The lowest BCUT2D eigenvalue weighted by atomic mass is 10.1. The van der Waals surface area contributed by atoms with Gasteiger partial charge in [0, 0.05) is 0 Å². The molecule has 1 N–H and O–H groups in total. The summed E-state index contributed by atoms with van der Waals surface area (Å²) in [5.41, 5.74) is -0.0394. The van der Waals surface area contributed by atoms with Crippen LogP contribution in [0.5, 0.6) is 0 Å². The topological polar surface area (TPSA) is 46.2 Å². The molecule has 1 aliphatic heterocycles. The average molecular weight is 165 g/mol. The summed E-state index contributed by atoms with van der Waals surface area (Å²) in [7, 11) is 0. The van der Waals surface area contributed by atoms with E-state index in [9.17, 15) is 14.0 Å². The Morgan fingerprint density at radius 3 is 2.58 bits per heavy atom. The van der Waals surface area contributed by atoms with Crippen molar-refractivity contribution in [2.24, 2.45) is 0 Å². The van der Waals surface area contributed by atoms with Gasteiger partial charge in [-0.15, -0.1) is 0 Å². The standard InChI is InChI=1S/C8H4FNO2/c9-5-3-1-2-4-6(5)8(12)10-7(4)11/h1-3H,(H,10,11,12). The molecule has 12 heavy (non-hydrogen) atoms. The highest BCUT2D eigenvalue weighted by Gasteiger charge is 2.29. The quantitative estimate of drug-likeness (QED) is 0.575. The molecule has 2 rings (SSSR count). The van der Waals surface area contributed by atoms with Gasteiger partial charge < -0.3 is 0 Å². The molecule has 0 atom stereocenters. The molecule has 1 aliphatic rings. The van der Waals surface area contributed by atoms with Gasteiger partial charge in [-0.25, -0.2) is 4.39 Å². The van der Waals surface area contributed by atoms with E-state index >= 15 is 0 Å². The van der Waals surface area contributed by atoms with Gasteiger partial charge in [0.2, 0.25) is 0 Å². The van der Waals surface area contributed by atoms with E-state index in [1.54, 1.807) is 0 Å². The number of halogens is 1. The van der Waals surface area contributed by atoms with E-state index in [2.05, 4.69) is 0 Å². The van der Waals surface area contributed by atoms with Gasteiger partial charge >= 0.3 is 0 Å². The van der Waals surface area contributed by atoms with E-state index in [1.165, 1.54) is 12.1 Å². The minimum absolute atomic E-state index is 0.111. The summed E-state index contributed by atoms with van der Waals surface area (Å²) in [6, 6.07) is 3.96. The summed E-state index contributed by atoms with van der Waals surface area (Å²) in [4.78, 5) is 21.9. The first-order valence-corrected chi connectivity index (χ1v) is 3.34. The summed E-state index contributed by atoms with van der Waals surface area (Å²) in [6.45, 7) is 0. The van der Waals surface area contributed by atoms with Crippen molar-refractivity contribution in [1.82, 2.24) is 5.32 Å². The molecule has 0 radical (unpaired) electrons. The number of nitrogens with one attached hydrogen (secondary N) is 1. The van der Waals surface area contributed by atoms with Crippen LogP contribution in [0.2, 0.25) is 0 Å². The Morgan fingerprint density at radius 1 is 1.17 bits per heavy atom. The van der Waals surface area contributed by atoms with Gasteiger partial charge in [-0.2, -0.15) is 0 Å². The first kappa shape index (κ1) is 6.97. The number of fused-ring (bicyclic) bond motifs is 1. The van der Waals surface area contributed by atoms with Crippen LogP contribution in [0.3, 0.4) is 0 Å². The molecular formula is C8H4FNO2. The van der Waals surface area contributed by atoms with E-state index in [-0.39, 0.29) is 11.1 Å². The maximum atomic E-state index is 12.9. The zero-order valence-electron chi connectivity index (χ0n) is 5.93. The molecule has 1 heterocycles. The smallest absolute Gasteiger partial charge is 0.261 e. The fourth-order valence-electron chi connectivity index (χ4n) is 1.18. The molecule has 3 nitrogen and oxygen atoms in total. The zero-order chi connectivity index (χ0) is 8.72. The first-order valence-electron chi connectivity index (χ1n) is 3.34. The molecule has 60 valence electrons. The Hall–Kier alpha value is -1.71. The van der Waals surface area contributed by atoms with Crippen LogP contribution < -0.4 is 5.32 Å². The number of rotatable bonds is 0. The number of imide groups is 1. The molecule has 0 bridgehead atoms. The van der Waals surface area contributed by atoms with E-state index in [4.69, 9.17) is 0 Å². The van der Waals surface area contributed by atoms with Crippen LogP contribution in [0.4, 0.5) is 4.39 Å². The van der Waals surface area contributed by atoms with Crippen LogP contribution in [0, 0.1) is 5.82 Å². The van der Waals surface area contributed by atoms with Crippen LogP contribution in [-0.2, 0) is 0 Å². The molecule has 0 saturated carbocycles. The van der Waals surface area contributed by atoms with Gasteiger partial charge in [-0.05, 0) is 12.1 Å². The van der Waals surface area contributed by atoms with Crippen molar-refractivity contribution in [3.63, 3.8) is 0 Å². The Labute approximate surface area is 67.2 Å². The van der Waals surface area contributed by atoms with E-state index in [1.807, 2.05) is 5.32 Å². The van der Waals surface area contributed by atoms with Crippen molar-refractivity contribution in [1.29, 1.82) is 0 Å². The van der Waals surface area contributed by atoms with Crippen molar-refractivity contribution in [3.05, 3.63) is 35.1 Å². The van der Waals surface area contributed by atoms with Crippen molar-refractivity contribution >= 4 is 11.8 Å². The number of hydrogen-bond acceptors (Lipinski definition) is 2. The molecule has 0 saturated heterocycles. The van der Waals surface area contributed by atoms with Gasteiger partial charge in [-0.3, -0.25) is 14.9 Å². The molecule has 0 aliphatic carbocycles. The van der Waals surface area contributed by atoms with Crippen LogP contribution in [0.1, 0.15) is 20.7 Å². The second kappa shape index (κ2) is 2.14. The molecule has 0 unspecified atom stereocenters. The van der Waals surface area contributed by atoms with Crippen LogP contribution in [0.25, 0.3) is 0 Å². The summed E-state index contributed by atoms with van der Waals surface area (Å²) >= 11 is 0. The average Bonchev–Trinajstić information content (AvgIpc) is 2.29. The van der Waals surface area contributed by atoms with Crippen molar-refractivity contribution in [2.45, 2.75) is 0 Å². The molecule has 1 aromatic carbocycles. The van der Waals surface area contributed by atoms with Crippen LogP contribution >= 0.6 is 0 Å². The third-order valence-corrected chi connectivity index (χ3v) is 1.71. The molecular weight excluding hydrogens is 161 g/mol. The van der Waals surface area contributed by atoms with Crippen molar-refractivity contribution < 1.29 is 14.0 Å².